The van der Waals surface area contributed by atoms with Crippen molar-refractivity contribution >= 4 is 0 Å². The highest BCUT2D eigenvalue weighted by atomic mass is 19.1. The Labute approximate surface area is 103 Å². The van der Waals surface area contributed by atoms with Crippen LogP contribution in [0.4, 0.5) is 8.78 Å². The maximum atomic E-state index is 13.4. The zero-order valence-corrected chi connectivity index (χ0v) is 9.77. The van der Waals surface area contributed by atoms with Crippen molar-refractivity contribution in [1.82, 2.24) is 9.97 Å². The molecule has 1 unspecified atom stereocenters. The van der Waals surface area contributed by atoms with Gasteiger partial charge in [-0.25, -0.2) is 8.78 Å². The van der Waals surface area contributed by atoms with Gasteiger partial charge in [-0.15, -0.1) is 0 Å². The van der Waals surface area contributed by atoms with Crippen molar-refractivity contribution in [2.45, 2.75) is 19.4 Å². The van der Waals surface area contributed by atoms with Gasteiger partial charge in [-0.2, -0.15) is 0 Å². The first-order valence-electron chi connectivity index (χ1n) is 5.47. The molecule has 1 aromatic heterocycles. The molecule has 1 aromatic carbocycles. The third-order valence-electron chi connectivity index (χ3n) is 2.56. The molecule has 0 aliphatic heterocycles. The van der Waals surface area contributed by atoms with E-state index in [1.165, 1.54) is 12.4 Å². The van der Waals surface area contributed by atoms with Crippen molar-refractivity contribution in [3.05, 3.63) is 59.2 Å². The van der Waals surface area contributed by atoms with Gasteiger partial charge in [0.25, 0.3) is 0 Å². The molecule has 1 atom stereocenters. The van der Waals surface area contributed by atoms with Crippen molar-refractivity contribution in [1.29, 1.82) is 0 Å². The molecule has 1 N–H and O–H groups in total. The Hall–Kier alpha value is -1.88. The minimum absolute atomic E-state index is 0.0403. The van der Waals surface area contributed by atoms with Crippen molar-refractivity contribution < 1.29 is 13.9 Å². The van der Waals surface area contributed by atoms with Gasteiger partial charge < -0.3 is 5.11 Å². The molecule has 2 rings (SSSR count). The lowest BCUT2D eigenvalue weighted by Gasteiger charge is -2.10. The molecule has 0 aliphatic carbocycles. The Balaban J connectivity index is 2.18. The minimum atomic E-state index is -1.01. The maximum absolute atomic E-state index is 13.4. The predicted octanol–water partition coefficient (Wildman–Crippen LogP) is 2.34. The van der Waals surface area contributed by atoms with Crippen LogP contribution in [0.1, 0.15) is 23.1 Å². The third-order valence-corrected chi connectivity index (χ3v) is 2.56. The van der Waals surface area contributed by atoms with Crippen LogP contribution in [0, 0.1) is 18.6 Å². The van der Waals surface area contributed by atoms with Crippen molar-refractivity contribution in [3.63, 3.8) is 0 Å². The van der Waals surface area contributed by atoms with E-state index in [2.05, 4.69) is 9.97 Å². The SMILES string of the molecule is Cc1cnc(C(O)Cc2cc(F)ccc2F)cn1. The molecule has 18 heavy (non-hydrogen) atoms. The van der Waals surface area contributed by atoms with E-state index in [0.29, 0.717) is 5.69 Å². The summed E-state index contributed by atoms with van der Waals surface area (Å²) in [6.45, 7) is 1.77. The molecule has 3 nitrogen and oxygen atoms in total. The normalized spacial score (nSPS) is 12.4. The summed E-state index contributed by atoms with van der Waals surface area (Å²) >= 11 is 0. The number of aliphatic hydroxyl groups is 1. The first kappa shape index (κ1) is 12.6. The van der Waals surface area contributed by atoms with Gasteiger partial charge in [-0.3, -0.25) is 9.97 Å². The molecule has 0 aliphatic rings. The summed E-state index contributed by atoms with van der Waals surface area (Å²) in [5.74, 6) is -1.08. The predicted molar refractivity (Wildman–Crippen MR) is 61.8 cm³/mol. The van der Waals surface area contributed by atoms with Crippen LogP contribution in [0.5, 0.6) is 0 Å². The molecule has 0 saturated carbocycles. The second kappa shape index (κ2) is 5.18. The van der Waals surface area contributed by atoms with Crippen molar-refractivity contribution in [2.75, 3.05) is 0 Å². The standard InChI is InChI=1S/C13H12F2N2O/c1-8-6-17-12(7-16-8)13(18)5-9-4-10(14)2-3-11(9)15/h2-4,6-7,13,18H,5H2,1H3. The summed E-state index contributed by atoms with van der Waals surface area (Å²) in [6.07, 6.45) is 1.90. The van der Waals surface area contributed by atoms with E-state index in [4.69, 9.17) is 0 Å². The van der Waals surface area contributed by atoms with Gasteiger partial charge in [0, 0.05) is 12.6 Å². The fourth-order valence-electron chi connectivity index (χ4n) is 1.59. The largest absolute Gasteiger partial charge is 0.386 e. The minimum Gasteiger partial charge on any atom is -0.386 e. The Morgan fingerprint density at radius 3 is 2.67 bits per heavy atom. The van der Waals surface area contributed by atoms with Crippen LogP contribution >= 0.6 is 0 Å². The van der Waals surface area contributed by atoms with Gasteiger partial charge in [-0.1, -0.05) is 0 Å². The van der Waals surface area contributed by atoms with Crippen LogP contribution in [-0.2, 0) is 6.42 Å². The molecule has 0 radical (unpaired) electrons. The van der Waals surface area contributed by atoms with Crippen LogP contribution in [0.3, 0.4) is 0 Å². The molecule has 0 spiro atoms. The quantitative estimate of drug-likeness (QED) is 0.909. The summed E-state index contributed by atoms with van der Waals surface area (Å²) in [5.41, 5.74) is 1.18. The highest BCUT2D eigenvalue weighted by Crippen LogP contribution is 2.19. The number of hydrogen-bond donors (Lipinski definition) is 1. The van der Waals surface area contributed by atoms with Crippen molar-refractivity contribution in [2.24, 2.45) is 0 Å². The summed E-state index contributed by atoms with van der Waals surface area (Å²) in [5, 5.41) is 9.89. The summed E-state index contributed by atoms with van der Waals surface area (Å²) in [6, 6.07) is 3.15. The number of aromatic nitrogens is 2. The fraction of sp³-hybridized carbons (Fsp3) is 0.231. The fourth-order valence-corrected chi connectivity index (χ4v) is 1.59. The van der Waals surface area contributed by atoms with Gasteiger partial charge >= 0.3 is 0 Å². The molecule has 0 amide bonds. The number of rotatable bonds is 3. The Bertz CT molecular complexity index is 543. The highest BCUT2D eigenvalue weighted by Gasteiger charge is 2.13. The number of halogens is 2. The Kier molecular flexibility index (Phi) is 3.62. The first-order chi connectivity index (χ1) is 8.56. The topological polar surface area (TPSA) is 46.0 Å². The first-order valence-corrected chi connectivity index (χ1v) is 5.47. The number of benzene rings is 1. The summed E-state index contributed by atoms with van der Waals surface area (Å²) in [4.78, 5) is 7.99. The van der Waals surface area contributed by atoms with E-state index < -0.39 is 17.7 Å². The van der Waals surface area contributed by atoms with Crippen LogP contribution in [0.25, 0.3) is 0 Å². The van der Waals surface area contributed by atoms with Gasteiger partial charge in [0.1, 0.15) is 17.7 Å². The second-order valence-electron chi connectivity index (χ2n) is 4.04. The molecule has 94 valence electrons. The lowest BCUT2D eigenvalue weighted by Crippen LogP contribution is -2.06. The lowest BCUT2D eigenvalue weighted by atomic mass is 10.1. The van der Waals surface area contributed by atoms with Gasteiger partial charge in [0.2, 0.25) is 0 Å². The van der Waals surface area contributed by atoms with Crippen molar-refractivity contribution in [3.8, 4) is 0 Å². The number of nitrogens with zero attached hydrogens (tertiary/aromatic N) is 2. The second-order valence-corrected chi connectivity index (χ2v) is 4.04. The third kappa shape index (κ3) is 2.87. The van der Waals surface area contributed by atoms with Gasteiger partial charge in [0.15, 0.2) is 0 Å². The summed E-state index contributed by atoms with van der Waals surface area (Å²) < 4.78 is 26.4. The Morgan fingerprint density at radius 2 is 2.00 bits per heavy atom. The van der Waals surface area contributed by atoms with Gasteiger partial charge in [-0.05, 0) is 30.7 Å². The van der Waals surface area contributed by atoms with E-state index >= 15 is 0 Å². The number of hydrogen-bond acceptors (Lipinski definition) is 3. The molecule has 1 heterocycles. The molecule has 0 fully saturated rings. The molecule has 0 saturated heterocycles. The van der Waals surface area contributed by atoms with Crippen LogP contribution in [0.2, 0.25) is 0 Å². The number of aryl methyl sites for hydroxylation is 1. The van der Waals surface area contributed by atoms with Gasteiger partial charge in [0.05, 0.1) is 17.6 Å². The highest BCUT2D eigenvalue weighted by molar-refractivity contribution is 5.21. The Morgan fingerprint density at radius 1 is 1.22 bits per heavy atom. The van der Waals surface area contributed by atoms with E-state index in [1.54, 1.807) is 6.92 Å². The van der Waals surface area contributed by atoms with E-state index in [-0.39, 0.29) is 12.0 Å². The number of aliphatic hydroxyl groups excluding tert-OH is 1. The van der Waals surface area contributed by atoms with Crippen LogP contribution in [-0.4, -0.2) is 15.1 Å². The lowest BCUT2D eigenvalue weighted by molar-refractivity contribution is 0.171. The zero-order valence-electron chi connectivity index (χ0n) is 9.77. The maximum Gasteiger partial charge on any atom is 0.126 e. The zero-order chi connectivity index (χ0) is 13.1. The molecule has 0 bridgehead atoms. The molecule has 2 aromatic rings. The van der Waals surface area contributed by atoms with Crippen LogP contribution < -0.4 is 0 Å². The molecular weight excluding hydrogens is 238 g/mol. The van der Waals surface area contributed by atoms with E-state index in [1.807, 2.05) is 0 Å². The van der Waals surface area contributed by atoms with E-state index in [9.17, 15) is 13.9 Å². The summed E-state index contributed by atoms with van der Waals surface area (Å²) in [7, 11) is 0. The van der Waals surface area contributed by atoms with E-state index in [0.717, 1.165) is 23.9 Å². The smallest absolute Gasteiger partial charge is 0.126 e. The van der Waals surface area contributed by atoms with Crippen LogP contribution in [0.15, 0.2) is 30.6 Å². The monoisotopic (exact) mass is 250 g/mol. The average molecular weight is 250 g/mol. The average Bonchev–Trinajstić information content (AvgIpc) is 2.34. The molecular formula is C13H12F2N2O. The molecule has 5 heteroatoms.